The fourth-order valence-corrected chi connectivity index (χ4v) is 3.07. The highest BCUT2D eigenvalue weighted by molar-refractivity contribution is 5.81. The molecule has 0 aromatic rings. The number of esters is 1. The van der Waals surface area contributed by atoms with Gasteiger partial charge >= 0.3 is 5.97 Å². The SMILES string of the molecule is CCCCCCCC/C=C/CCCCCCCCOC(=O)/C=C/C1CC1. The molecule has 0 radical (unpaired) electrons. The molecule has 0 aromatic heterocycles. The minimum atomic E-state index is -0.162. The van der Waals surface area contributed by atoms with E-state index in [2.05, 4.69) is 19.1 Å². The Morgan fingerprint density at radius 2 is 1.35 bits per heavy atom. The van der Waals surface area contributed by atoms with Gasteiger partial charge in [0.15, 0.2) is 0 Å². The van der Waals surface area contributed by atoms with Crippen LogP contribution in [0, 0.1) is 5.92 Å². The molecule has 0 aliphatic heterocycles. The van der Waals surface area contributed by atoms with Crippen LogP contribution < -0.4 is 0 Å². The number of allylic oxidation sites excluding steroid dienone is 3. The highest BCUT2D eigenvalue weighted by Crippen LogP contribution is 2.29. The molecular formula is C24H42O2. The number of hydrogen-bond acceptors (Lipinski definition) is 2. The molecule has 150 valence electrons. The summed E-state index contributed by atoms with van der Waals surface area (Å²) in [6.45, 7) is 2.85. The first kappa shape index (κ1) is 23.0. The third-order valence-electron chi connectivity index (χ3n) is 5.03. The van der Waals surface area contributed by atoms with Crippen LogP contribution in [-0.2, 0) is 9.53 Å². The van der Waals surface area contributed by atoms with Gasteiger partial charge in [-0.3, -0.25) is 0 Å². The number of rotatable bonds is 18. The van der Waals surface area contributed by atoms with Crippen molar-refractivity contribution in [3.8, 4) is 0 Å². The number of carbonyl (C=O) groups excluding carboxylic acids is 1. The second-order valence-corrected chi connectivity index (χ2v) is 7.80. The van der Waals surface area contributed by atoms with Crippen molar-refractivity contribution >= 4 is 5.97 Å². The molecule has 1 saturated carbocycles. The molecule has 1 aliphatic rings. The lowest BCUT2D eigenvalue weighted by atomic mass is 10.1. The van der Waals surface area contributed by atoms with Gasteiger partial charge in [0, 0.05) is 6.08 Å². The van der Waals surface area contributed by atoms with E-state index in [-0.39, 0.29) is 5.97 Å². The first-order chi connectivity index (χ1) is 12.8. The zero-order valence-electron chi connectivity index (χ0n) is 17.2. The van der Waals surface area contributed by atoms with Crippen molar-refractivity contribution in [2.75, 3.05) is 6.61 Å². The first-order valence-electron chi connectivity index (χ1n) is 11.3. The predicted octanol–water partition coefficient (Wildman–Crippen LogP) is 7.53. The van der Waals surface area contributed by atoms with Crippen molar-refractivity contribution in [3.63, 3.8) is 0 Å². The zero-order valence-corrected chi connectivity index (χ0v) is 17.2. The molecule has 0 spiro atoms. The van der Waals surface area contributed by atoms with E-state index in [1.807, 2.05) is 6.08 Å². The van der Waals surface area contributed by atoms with Crippen LogP contribution in [0.1, 0.15) is 110 Å². The van der Waals surface area contributed by atoms with Gasteiger partial charge < -0.3 is 4.74 Å². The molecule has 26 heavy (non-hydrogen) atoms. The van der Waals surface area contributed by atoms with Crippen LogP contribution >= 0.6 is 0 Å². The second-order valence-electron chi connectivity index (χ2n) is 7.80. The van der Waals surface area contributed by atoms with E-state index in [0.29, 0.717) is 12.5 Å². The van der Waals surface area contributed by atoms with E-state index < -0.39 is 0 Å². The molecule has 2 heteroatoms. The van der Waals surface area contributed by atoms with Crippen LogP contribution in [-0.4, -0.2) is 12.6 Å². The Morgan fingerprint density at radius 1 is 0.808 bits per heavy atom. The number of carbonyl (C=O) groups is 1. The van der Waals surface area contributed by atoms with Crippen LogP contribution in [0.5, 0.6) is 0 Å². The minimum absolute atomic E-state index is 0.162. The Labute approximate surface area is 162 Å². The predicted molar refractivity (Wildman–Crippen MR) is 112 cm³/mol. The van der Waals surface area contributed by atoms with Gasteiger partial charge in [0.2, 0.25) is 0 Å². The van der Waals surface area contributed by atoms with Gasteiger partial charge in [0.05, 0.1) is 6.61 Å². The summed E-state index contributed by atoms with van der Waals surface area (Å²) in [7, 11) is 0. The summed E-state index contributed by atoms with van der Waals surface area (Å²) in [5.74, 6) is 0.484. The summed E-state index contributed by atoms with van der Waals surface area (Å²) in [6, 6.07) is 0. The van der Waals surface area contributed by atoms with E-state index >= 15 is 0 Å². The Bertz CT molecular complexity index is 380. The molecule has 1 rings (SSSR count). The fourth-order valence-electron chi connectivity index (χ4n) is 3.07. The lowest BCUT2D eigenvalue weighted by Gasteiger charge is -2.02. The molecule has 0 atom stereocenters. The van der Waals surface area contributed by atoms with Crippen LogP contribution in [0.3, 0.4) is 0 Å². The van der Waals surface area contributed by atoms with Crippen LogP contribution in [0.2, 0.25) is 0 Å². The number of unbranched alkanes of at least 4 members (excludes halogenated alkanes) is 12. The third kappa shape index (κ3) is 16.4. The zero-order chi connectivity index (χ0) is 18.7. The maximum atomic E-state index is 11.4. The van der Waals surface area contributed by atoms with Crippen molar-refractivity contribution in [2.24, 2.45) is 5.92 Å². The smallest absolute Gasteiger partial charge is 0.330 e. The Kier molecular flexibility index (Phi) is 15.4. The molecule has 0 N–H and O–H groups in total. The van der Waals surface area contributed by atoms with Crippen molar-refractivity contribution in [2.45, 2.75) is 110 Å². The van der Waals surface area contributed by atoms with Gasteiger partial charge in [-0.2, -0.15) is 0 Å². The maximum Gasteiger partial charge on any atom is 0.330 e. The van der Waals surface area contributed by atoms with Gasteiger partial charge in [-0.1, -0.05) is 82.9 Å². The van der Waals surface area contributed by atoms with Crippen LogP contribution in [0.25, 0.3) is 0 Å². The van der Waals surface area contributed by atoms with Crippen molar-refractivity contribution < 1.29 is 9.53 Å². The summed E-state index contributed by atoms with van der Waals surface area (Å²) in [5.41, 5.74) is 0. The molecule has 0 unspecified atom stereocenters. The largest absolute Gasteiger partial charge is 0.463 e. The van der Waals surface area contributed by atoms with E-state index in [1.165, 1.54) is 96.3 Å². The fraction of sp³-hybridized carbons (Fsp3) is 0.792. The summed E-state index contributed by atoms with van der Waals surface area (Å²) in [4.78, 5) is 11.4. The Morgan fingerprint density at radius 3 is 1.92 bits per heavy atom. The van der Waals surface area contributed by atoms with Crippen LogP contribution in [0.15, 0.2) is 24.3 Å². The molecular weight excluding hydrogens is 320 g/mol. The molecule has 0 bridgehead atoms. The van der Waals surface area contributed by atoms with Gasteiger partial charge in [0.25, 0.3) is 0 Å². The van der Waals surface area contributed by atoms with E-state index in [9.17, 15) is 4.79 Å². The standard InChI is InChI=1S/C24H42O2/c1-2-3-4-5-6-7-8-9-10-11-12-13-14-15-16-17-22-26-24(25)21-20-23-18-19-23/h9-10,20-21,23H,2-8,11-19,22H2,1H3/b10-9+,21-20+. The Balaban J connectivity index is 1.72. The number of hydrogen-bond donors (Lipinski definition) is 0. The van der Waals surface area contributed by atoms with Gasteiger partial charge in [-0.25, -0.2) is 4.79 Å². The molecule has 1 fully saturated rings. The molecule has 1 aliphatic carbocycles. The van der Waals surface area contributed by atoms with Crippen molar-refractivity contribution in [1.29, 1.82) is 0 Å². The first-order valence-corrected chi connectivity index (χ1v) is 11.3. The maximum absolute atomic E-state index is 11.4. The highest BCUT2D eigenvalue weighted by Gasteiger charge is 2.17. The monoisotopic (exact) mass is 362 g/mol. The molecule has 0 aromatic carbocycles. The quantitative estimate of drug-likeness (QED) is 0.109. The third-order valence-corrected chi connectivity index (χ3v) is 5.03. The van der Waals surface area contributed by atoms with E-state index in [0.717, 1.165) is 6.42 Å². The van der Waals surface area contributed by atoms with E-state index in [1.54, 1.807) is 6.08 Å². The van der Waals surface area contributed by atoms with Crippen molar-refractivity contribution in [3.05, 3.63) is 24.3 Å². The molecule has 0 amide bonds. The van der Waals surface area contributed by atoms with E-state index in [4.69, 9.17) is 4.74 Å². The molecule has 0 saturated heterocycles. The summed E-state index contributed by atoms with van der Waals surface area (Å²) in [5, 5.41) is 0. The normalized spacial score (nSPS) is 14.5. The summed E-state index contributed by atoms with van der Waals surface area (Å²) >= 11 is 0. The molecule has 0 heterocycles. The van der Waals surface area contributed by atoms with Crippen molar-refractivity contribution in [1.82, 2.24) is 0 Å². The summed E-state index contributed by atoms with van der Waals surface area (Å²) in [6.07, 6.45) is 29.0. The molecule has 2 nitrogen and oxygen atoms in total. The van der Waals surface area contributed by atoms with Gasteiger partial charge in [0.1, 0.15) is 0 Å². The lowest BCUT2D eigenvalue weighted by Crippen LogP contribution is -2.02. The average Bonchev–Trinajstić information content (AvgIpc) is 3.47. The topological polar surface area (TPSA) is 26.3 Å². The van der Waals surface area contributed by atoms with Crippen LogP contribution in [0.4, 0.5) is 0 Å². The summed E-state index contributed by atoms with van der Waals surface area (Å²) < 4.78 is 5.20. The average molecular weight is 363 g/mol. The number of ether oxygens (including phenoxy) is 1. The minimum Gasteiger partial charge on any atom is -0.463 e. The second kappa shape index (κ2) is 17.4. The Hall–Kier alpha value is -1.05. The highest BCUT2D eigenvalue weighted by atomic mass is 16.5. The lowest BCUT2D eigenvalue weighted by molar-refractivity contribution is -0.137. The van der Waals surface area contributed by atoms with Gasteiger partial charge in [-0.05, 0) is 50.9 Å². The van der Waals surface area contributed by atoms with Gasteiger partial charge in [-0.15, -0.1) is 0 Å².